The Morgan fingerprint density at radius 1 is 1.22 bits per heavy atom. The molecule has 2 aromatic rings. The summed E-state index contributed by atoms with van der Waals surface area (Å²) in [6.45, 7) is 5.17. The molecule has 0 saturated carbocycles. The standard InChI is InChI=1S/C19H23NO3/c1-14-5-2-3-6-17(14)15-11-16-13-20(7-4-9-21)8-10-23-19(16)18(22)12-15/h2-3,5-6,11-12,21-22H,4,7-10,13H2,1H3. The van der Waals surface area contributed by atoms with Gasteiger partial charge in [-0.05, 0) is 42.2 Å². The zero-order valence-corrected chi connectivity index (χ0v) is 13.5. The molecule has 0 atom stereocenters. The van der Waals surface area contributed by atoms with Crippen LogP contribution in [0.3, 0.4) is 0 Å². The van der Waals surface area contributed by atoms with E-state index in [1.54, 1.807) is 6.07 Å². The zero-order chi connectivity index (χ0) is 16.2. The van der Waals surface area contributed by atoms with Crippen LogP contribution < -0.4 is 4.74 Å². The van der Waals surface area contributed by atoms with Crippen molar-refractivity contribution in [3.05, 3.63) is 47.5 Å². The van der Waals surface area contributed by atoms with Crippen LogP contribution in [0.5, 0.6) is 11.5 Å². The Morgan fingerprint density at radius 2 is 2.04 bits per heavy atom. The number of ether oxygens (including phenoxy) is 1. The number of nitrogens with zero attached hydrogens (tertiary/aromatic N) is 1. The summed E-state index contributed by atoms with van der Waals surface area (Å²) in [5.74, 6) is 0.790. The first-order valence-corrected chi connectivity index (χ1v) is 8.07. The fraction of sp³-hybridized carbons (Fsp3) is 0.368. The average molecular weight is 313 g/mol. The van der Waals surface area contributed by atoms with E-state index in [0.29, 0.717) is 12.4 Å². The predicted molar refractivity (Wildman–Crippen MR) is 90.8 cm³/mol. The number of aliphatic hydroxyl groups excluding tert-OH is 1. The Hall–Kier alpha value is -2.04. The van der Waals surface area contributed by atoms with E-state index in [-0.39, 0.29) is 12.4 Å². The Kier molecular flexibility index (Phi) is 4.84. The number of aliphatic hydroxyl groups is 1. The molecule has 2 N–H and O–H groups in total. The van der Waals surface area contributed by atoms with Gasteiger partial charge in [0.15, 0.2) is 11.5 Å². The summed E-state index contributed by atoms with van der Waals surface area (Å²) in [7, 11) is 0. The molecule has 0 amide bonds. The van der Waals surface area contributed by atoms with E-state index in [9.17, 15) is 5.11 Å². The van der Waals surface area contributed by atoms with Gasteiger partial charge in [-0.2, -0.15) is 0 Å². The van der Waals surface area contributed by atoms with Crippen molar-refractivity contribution in [1.82, 2.24) is 4.90 Å². The number of phenols is 1. The predicted octanol–water partition coefficient (Wildman–Crippen LogP) is 2.94. The Morgan fingerprint density at radius 3 is 2.83 bits per heavy atom. The summed E-state index contributed by atoms with van der Waals surface area (Å²) >= 11 is 0. The highest BCUT2D eigenvalue weighted by atomic mass is 16.5. The van der Waals surface area contributed by atoms with Crippen LogP contribution in [0.4, 0.5) is 0 Å². The molecule has 0 saturated heterocycles. The van der Waals surface area contributed by atoms with Gasteiger partial charge in [-0.1, -0.05) is 24.3 Å². The first-order chi connectivity index (χ1) is 11.2. The summed E-state index contributed by atoms with van der Waals surface area (Å²) in [5.41, 5.74) is 4.31. The average Bonchev–Trinajstić information content (AvgIpc) is 2.75. The van der Waals surface area contributed by atoms with Gasteiger partial charge in [0, 0.05) is 31.8 Å². The molecule has 1 aliphatic heterocycles. The number of aromatic hydroxyl groups is 1. The Bertz CT molecular complexity index is 684. The van der Waals surface area contributed by atoms with Crippen LogP contribution in [0.2, 0.25) is 0 Å². The zero-order valence-electron chi connectivity index (χ0n) is 13.5. The molecule has 0 radical (unpaired) electrons. The maximum Gasteiger partial charge on any atom is 0.165 e. The van der Waals surface area contributed by atoms with E-state index < -0.39 is 0 Å². The fourth-order valence-corrected chi connectivity index (χ4v) is 3.09. The van der Waals surface area contributed by atoms with Crippen LogP contribution in [-0.2, 0) is 6.54 Å². The van der Waals surface area contributed by atoms with Gasteiger partial charge in [0.25, 0.3) is 0 Å². The van der Waals surface area contributed by atoms with Gasteiger partial charge >= 0.3 is 0 Å². The highest BCUT2D eigenvalue weighted by Crippen LogP contribution is 2.38. The van der Waals surface area contributed by atoms with Crippen molar-refractivity contribution in [3.63, 3.8) is 0 Å². The monoisotopic (exact) mass is 313 g/mol. The Balaban J connectivity index is 1.96. The van der Waals surface area contributed by atoms with Crippen LogP contribution in [0, 0.1) is 6.92 Å². The van der Waals surface area contributed by atoms with Gasteiger partial charge < -0.3 is 14.9 Å². The second-order valence-corrected chi connectivity index (χ2v) is 6.00. The molecule has 23 heavy (non-hydrogen) atoms. The van der Waals surface area contributed by atoms with Crippen molar-refractivity contribution in [1.29, 1.82) is 0 Å². The molecular formula is C19H23NO3. The molecule has 0 unspecified atom stereocenters. The lowest BCUT2D eigenvalue weighted by Gasteiger charge is -2.19. The molecule has 1 aliphatic rings. The molecular weight excluding hydrogens is 290 g/mol. The molecule has 1 heterocycles. The molecule has 4 nitrogen and oxygen atoms in total. The van der Waals surface area contributed by atoms with Crippen LogP contribution in [0.25, 0.3) is 11.1 Å². The molecule has 0 aliphatic carbocycles. The normalized spacial score (nSPS) is 14.9. The minimum atomic E-state index is 0.193. The van der Waals surface area contributed by atoms with Crippen LogP contribution in [0.15, 0.2) is 36.4 Å². The highest BCUT2D eigenvalue weighted by Gasteiger charge is 2.19. The lowest BCUT2D eigenvalue weighted by molar-refractivity contribution is 0.199. The van der Waals surface area contributed by atoms with E-state index in [1.807, 2.05) is 12.1 Å². The second-order valence-electron chi connectivity index (χ2n) is 6.00. The summed E-state index contributed by atoms with van der Waals surface area (Å²) in [5, 5.41) is 19.4. The number of hydrogen-bond donors (Lipinski definition) is 2. The van der Waals surface area contributed by atoms with Crippen LogP contribution in [0.1, 0.15) is 17.5 Å². The van der Waals surface area contributed by atoms with Gasteiger partial charge in [-0.25, -0.2) is 0 Å². The Labute approximate surface area is 136 Å². The van der Waals surface area contributed by atoms with Crippen molar-refractivity contribution in [2.24, 2.45) is 0 Å². The third-order valence-corrected chi connectivity index (χ3v) is 4.28. The summed E-state index contributed by atoms with van der Waals surface area (Å²) in [6, 6.07) is 12.1. The van der Waals surface area contributed by atoms with E-state index in [0.717, 1.165) is 42.7 Å². The number of rotatable bonds is 4. The van der Waals surface area contributed by atoms with Crippen LogP contribution in [-0.4, -0.2) is 41.4 Å². The molecule has 0 aromatic heterocycles. The molecule has 0 spiro atoms. The van der Waals surface area contributed by atoms with Gasteiger partial charge in [-0.15, -0.1) is 0 Å². The number of fused-ring (bicyclic) bond motifs is 1. The summed E-state index contributed by atoms with van der Waals surface area (Å²) < 4.78 is 5.76. The summed E-state index contributed by atoms with van der Waals surface area (Å²) in [6.07, 6.45) is 0.749. The first kappa shape index (κ1) is 15.8. The number of benzene rings is 2. The van der Waals surface area contributed by atoms with Crippen molar-refractivity contribution < 1.29 is 14.9 Å². The minimum Gasteiger partial charge on any atom is -0.504 e. The van der Waals surface area contributed by atoms with Gasteiger partial charge in [0.2, 0.25) is 0 Å². The smallest absolute Gasteiger partial charge is 0.165 e. The van der Waals surface area contributed by atoms with Crippen molar-refractivity contribution in [2.75, 3.05) is 26.3 Å². The lowest BCUT2D eigenvalue weighted by atomic mass is 9.98. The number of hydrogen-bond acceptors (Lipinski definition) is 4. The quantitative estimate of drug-likeness (QED) is 0.911. The number of aryl methyl sites for hydroxylation is 1. The molecule has 0 fully saturated rings. The van der Waals surface area contributed by atoms with Crippen molar-refractivity contribution in [2.45, 2.75) is 19.9 Å². The van der Waals surface area contributed by atoms with E-state index in [2.05, 4.69) is 30.0 Å². The van der Waals surface area contributed by atoms with Gasteiger partial charge in [-0.3, -0.25) is 4.90 Å². The topological polar surface area (TPSA) is 52.9 Å². The van der Waals surface area contributed by atoms with E-state index >= 15 is 0 Å². The van der Waals surface area contributed by atoms with Gasteiger partial charge in [0.1, 0.15) is 6.61 Å². The van der Waals surface area contributed by atoms with E-state index in [4.69, 9.17) is 9.84 Å². The molecule has 3 rings (SSSR count). The SMILES string of the molecule is Cc1ccccc1-c1cc(O)c2c(c1)CN(CCCO)CCO2. The molecule has 2 aromatic carbocycles. The van der Waals surface area contributed by atoms with E-state index in [1.165, 1.54) is 5.56 Å². The maximum atomic E-state index is 10.4. The highest BCUT2D eigenvalue weighted by molar-refractivity contribution is 5.71. The second kappa shape index (κ2) is 7.02. The third-order valence-electron chi connectivity index (χ3n) is 4.28. The molecule has 122 valence electrons. The molecule has 0 bridgehead atoms. The largest absolute Gasteiger partial charge is 0.504 e. The number of phenolic OH excluding ortho intramolecular Hbond substituents is 1. The lowest BCUT2D eigenvalue weighted by Crippen LogP contribution is -2.27. The fourth-order valence-electron chi connectivity index (χ4n) is 3.09. The first-order valence-electron chi connectivity index (χ1n) is 8.07. The molecule has 4 heteroatoms. The van der Waals surface area contributed by atoms with Gasteiger partial charge in [0.05, 0.1) is 0 Å². The van der Waals surface area contributed by atoms with Crippen molar-refractivity contribution in [3.8, 4) is 22.6 Å². The van der Waals surface area contributed by atoms with Crippen molar-refractivity contribution >= 4 is 0 Å². The summed E-state index contributed by atoms with van der Waals surface area (Å²) in [4.78, 5) is 2.25. The third kappa shape index (κ3) is 3.49. The van der Waals surface area contributed by atoms with Crippen LogP contribution >= 0.6 is 0 Å². The minimum absolute atomic E-state index is 0.193. The maximum absolute atomic E-state index is 10.4.